The summed E-state index contributed by atoms with van der Waals surface area (Å²) in [6, 6.07) is 15.8. The van der Waals surface area contributed by atoms with E-state index in [1.807, 2.05) is 24.3 Å². The molecule has 2 atom stereocenters. The van der Waals surface area contributed by atoms with Gasteiger partial charge in [-0.3, -0.25) is 9.59 Å². The SMILES string of the molecule is CCCC[C@@H](CC(=O)N1CCC[C@@H]1CC(=O)O)NC(=O)OCC1c2ccccc2-c2ccccc21. The fourth-order valence-corrected chi connectivity index (χ4v) is 5.39. The number of alkyl carbamates (subject to hydrolysis) is 1. The predicted molar refractivity (Wildman–Crippen MR) is 133 cm³/mol. The Morgan fingerprint density at radius 2 is 1.74 bits per heavy atom. The third-order valence-corrected chi connectivity index (χ3v) is 7.10. The zero-order chi connectivity index (χ0) is 24.8. The monoisotopic (exact) mass is 478 g/mol. The quantitative estimate of drug-likeness (QED) is 0.504. The van der Waals surface area contributed by atoms with E-state index in [0.717, 1.165) is 30.4 Å². The van der Waals surface area contributed by atoms with Crippen molar-refractivity contribution < 1.29 is 24.2 Å². The average molecular weight is 479 g/mol. The second-order valence-electron chi connectivity index (χ2n) is 9.49. The zero-order valence-electron chi connectivity index (χ0n) is 20.2. The number of amides is 2. The maximum absolute atomic E-state index is 13.0. The first-order valence-electron chi connectivity index (χ1n) is 12.6. The molecule has 4 rings (SSSR count). The minimum absolute atomic E-state index is 0.0229. The maximum atomic E-state index is 13.0. The van der Waals surface area contributed by atoms with Crippen LogP contribution < -0.4 is 5.32 Å². The molecule has 0 saturated carbocycles. The number of carbonyl (C=O) groups excluding carboxylic acids is 2. The Bertz CT molecular complexity index is 1020. The summed E-state index contributed by atoms with van der Waals surface area (Å²) in [4.78, 5) is 38.6. The Kier molecular flexibility index (Phi) is 8.06. The average Bonchev–Trinajstić information content (AvgIpc) is 3.43. The lowest BCUT2D eigenvalue weighted by molar-refractivity contribution is -0.140. The molecule has 2 N–H and O–H groups in total. The molecule has 0 spiro atoms. The van der Waals surface area contributed by atoms with E-state index in [2.05, 4.69) is 36.5 Å². The number of carbonyl (C=O) groups is 3. The number of aliphatic carboxylic acids is 1. The number of nitrogens with one attached hydrogen (secondary N) is 1. The molecule has 0 unspecified atom stereocenters. The van der Waals surface area contributed by atoms with Gasteiger partial charge in [-0.1, -0.05) is 68.3 Å². The fourth-order valence-electron chi connectivity index (χ4n) is 5.39. The van der Waals surface area contributed by atoms with Crippen molar-refractivity contribution in [3.8, 4) is 11.1 Å². The van der Waals surface area contributed by atoms with Gasteiger partial charge in [0.15, 0.2) is 0 Å². The Hall–Kier alpha value is -3.35. The summed E-state index contributed by atoms with van der Waals surface area (Å²) in [5, 5.41) is 12.1. The van der Waals surface area contributed by atoms with Crippen molar-refractivity contribution in [2.75, 3.05) is 13.2 Å². The number of carboxylic acids is 1. The van der Waals surface area contributed by atoms with Gasteiger partial charge in [0, 0.05) is 31.0 Å². The zero-order valence-corrected chi connectivity index (χ0v) is 20.2. The molecule has 7 heteroatoms. The highest BCUT2D eigenvalue weighted by Crippen LogP contribution is 2.44. The van der Waals surface area contributed by atoms with Gasteiger partial charge in [-0.05, 0) is 41.5 Å². The van der Waals surface area contributed by atoms with Gasteiger partial charge in [-0.25, -0.2) is 4.79 Å². The summed E-state index contributed by atoms with van der Waals surface area (Å²) in [5.41, 5.74) is 4.64. The fraction of sp³-hybridized carbons (Fsp3) is 0.464. The highest BCUT2D eigenvalue weighted by molar-refractivity contribution is 5.80. The molecule has 0 radical (unpaired) electrons. The molecule has 7 nitrogen and oxygen atoms in total. The van der Waals surface area contributed by atoms with Crippen LogP contribution in [0.3, 0.4) is 0 Å². The number of hydrogen-bond acceptors (Lipinski definition) is 4. The van der Waals surface area contributed by atoms with Crippen LogP contribution in [0.5, 0.6) is 0 Å². The molecule has 2 aromatic rings. The lowest BCUT2D eigenvalue weighted by Crippen LogP contribution is -2.43. The predicted octanol–water partition coefficient (Wildman–Crippen LogP) is 4.94. The Balaban J connectivity index is 1.37. The van der Waals surface area contributed by atoms with Crippen LogP contribution in [0.1, 0.15) is 68.9 Å². The van der Waals surface area contributed by atoms with Crippen LogP contribution in [0.15, 0.2) is 48.5 Å². The third-order valence-electron chi connectivity index (χ3n) is 7.10. The van der Waals surface area contributed by atoms with Crippen LogP contribution in [-0.4, -0.2) is 53.2 Å². The summed E-state index contributed by atoms with van der Waals surface area (Å²) >= 11 is 0. The van der Waals surface area contributed by atoms with Crippen LogP contribution in [0.2, 0.25) is 0 Å². The molecule has 2 aliphatic rings. The number of ether oxygens (including phenoxy) is 1. The largest absolute Gasteiger partial charge is 0.481 e. The number of rotatable bonds is 10. The summed E-state index contributed by atoms with van der Waals surface area (Å²) in [7, 11) is 0. The van der Waals surface area contributed by atoms with Crippen molar-refractivity contribution >= 4 is 18.0 Å². The Morgan fingerprint density at radius 1 is 1.09 bits per heavy atom. The molecule has 1 saturated heterocycles. The third kappa shape index (κ3) is 5.84. The van der Waals surface area contributed by atoms with E-state index < -0.39 is 12.1 Å². The molecule has 35 heavy (non-hydrogen) atoms. The van der Waals surface area contributed by atoms with Gasteiger partial charge in [0.25, 0.3) is 0 Å². The number of benzene rings is 2. The molecule has 1 heterocycles. The van der Waals surface area contributed by atoms with Crippen LogP contribution in [0, 0.1) is 0 Å². The summed E-state index contributed by atoms with van der Waals surface area (Å²) in [6.45, 7) is 2.86. The standard InChI is InChI=1S/C28H34N2O5/c1-2-3-9-19(16-26(31)30-15-8-10-20(30)17-27(32)33)29-28(34)35-18-25-23-13-6-4-11-21(23)22-12-5-7-14-24(22)25/h4-7,11-14,19-20,25H,2-3,8-10,15-18H2,1H3,(H,29,34)(H,32,33)/t19-,20+/m0/s1. The highest BCUT2D eigenvalue weighted by atomic mass is 16.5. The molecule has 2 amide bonds. The molecule has 1 aliphatic carbocycles. The summed E-state index contributed by atoms with van der Waals surface area (Å²) in [5.74, 6) is -1.02. The van der Waals surface area contributed by atoms with Gasteiger partial charge in [-0.2, -0.15) is 0 Å². The van der Waals surface area contributed by atoms with E-state index in [9.17, 15) is 14.4 Å². The van der Waals surface area contributed by atoms with Crippen molar-refractivity contribution in [1.82, 2.24) is 10.2 Å². The van der Waals surface area contributed by atoms with Gasteiger partial charge in [0.05, 0.1) is 6.42 Å². The number of hydrogen-bond donors (Lipinski definition) is 2. The van der Waals surface area contributed by atoms with Crippen LogP contribution in [-0.2, 0) is 14.3 Å². The first-order valence-corrected chi connectivity index (χ1v) is 12.6. The molecule has 1 aliphatic heterocycles. The molecular weight excluding hydrogens is 444 g/mol. The normalized spacial score (nSPS) is 17.5. The first kappa shape index (κ1) is 24.8. The van der Waals surface area contributed by atoms with E-state index in [1.54, 1.807) is 4.90 Å². The van der Waals surface area contributed by atoms with Crippen LogP contribution >= 0.6 is 0 Å². The second-order valence-corrected chi connectivity index (χ2v) is 9.49. The first-order chi connectivity index (χ1) is 17.0. The van der Waals surface area contributed by atoms with Crippen molar-refractivity contribution in [2.24, 2.45) is 0 Å². The van der Waals surface area contributed by atoms with E-state index in [4.69, 9.17) is 9.84 Å². The van der Waals surface area contributed by atoms with Crippen molar-refractivity contribution in [3.63, 3.8) is 0 Å². The van der Waals surface area contributed by atoms with Gasteiger partial charge >= 0.3 is 12.1 Å². The lowest BCUT2D eigenvalue weighted by atomic mass is 9.98. The van der Waals surface area contributed by atoms with Crippen molar-refractivity contribution in [1.29, 1.82) is 0 Å². The number of likely N-dealkylation sites (tertiary alicyclic amines) is 1. The highest BCUT2D eigenvalue weighted by Gasteiger charge is 2.32. The van der Waals surface area contributed by atoms with E-state index >= 15 is 0 Å². The number of carboxylic acid groups (broad SMARTS) is 1. The summed E-state index contributed by atoms with van der Waals surface area (Å²) < 4.78 is 5.68. The van der Waals surface area contributed by atoms with Gasteiger partial charge in [0.2, 0.25) is 5.91 Å². The molecular formula is C28H34N2O5. The second kappa shape index (κ2) is 11.4. The number of unbranched alkanes of at least 4 members (excludes halogenated alkanes) is 1. The van der Waals surface area contributed by atoms with Crippen molar-refractivity contribution in [3.05, 3.63) is 59.7 Å². The maximum Gasteiger partial charge on any atom is 0.407 e. The molecule has 1 fully saturated rings. The number of fused-ring (bicyclic) bond motifs is 3. The van der Waals surface area contributed by atoms with E-state index in [-0.39, 0.29) is 43.4 Å². The molecule has 2 aromatic carbocycles. The lowest BCUT2D eigenvalue weighted by Gasteiger charge is -2.26. The van der Waals surface area contributed by atoms with E-state index in [1.165, 1.54) is 11.1 Å². The Labute approximate surface area is 206 Å². The minimum Gasteiger partial charge on any atom is -0.481 e. The van der Waals surface area contributed by atoms with Crippen LogP contribution in [0.4, 0.5) is 4.79 Å². The minimum atomic E-state index is -0.894. The van der Waals surface area contributed by atoms with Gasteiger partial charge in [0.1, 0.15) is 6.61 Å². The van der Waals surface area contributed by atoms with E-state index in [0.29, 0.717) is 19.4 Å². The summed E-state index contributed by atoms with van der Waals surface area (Å²) in [6.07, 6.45) is 3.60. The van der Waals surface area contributed by atoms with Gasteiger partial charge < -0.3 is 20.1 Å². The number of nitrogens with zero attached hydrogens (tertiary/aromatic N) is 1. The Morgan fingerprint density at radius 3 is 2.37 bits per heavy atom. The molecule has 0 aromatic heterocycles. The molecule has 0 bridgehead atoms. The van der Waals surface area contributed by atoms with Gasteiger partial charge in [-0.15, -0.1) is 0 Å². The molecule has 186 valence electrons. The van der Waals surface area contributed by atoms with Crippen LogP contribution in [0.25, 0.3) is 11.1 Å². The smallest absolute Gasteiger partial charge is 0.407 e. The topological polar surface area (TPSA) is 95.9 Å². The van der Waals surface area contributed by atoms with Crippen molar-refractivity contribution in [2.45, 2.75) is 69.9 Å².